The normalized spacial score (nSPS) is 12.2. The van der Waals surface area contributed by atoms with Crippen molar-refractivity contribution in [2.24, 2.45) is 0 Å². The zero-order chi connectivity index (χ0) is 14.7. The molecule has 3 heteroatoms. The average molecular weight is 290 g/mol. The lowest BCUT2D eigenvalue weighted by molar-refractivity contribution is 0.414. The van der Waals surface area contributed by atoms with Crippen molar-refractivity contribution in [3.05, 3.63) is 63.7 Å². The van der Waals surface area contributed by atoms with Crippen molar-refractivity contribution < 1.29 is 4.74 Å². The standard InChI is InChI=1S/C17H20ClNO/c1-11-10-14(20-4)6-7-15(11)17(19-3)13-5-8-16(18)12(2)9-13/h5-10,17,19H,1-4H3. The van der Waals surface area contributed by atoms with Crippen molar-refractivity contribution in [2.45, 2.75) is 19.9 Å². The van der Waals surface area contributed by atoms with Crippen LogP contribution in [0.4, 0.5) is 0 Å². The molecule has 2 rings (SSSR count). The highest BCUT2D eigenvalue weighted by Gasteiger charge is 2.15. The third kappa shape index (κ3) is 2.97. The molecular weight excluding hydrogens is 270 g/mol. The third-order valence-corrected chi connectivity index (χ3v) is 4.02. The number of hydrogen-bond donors (Lipinski definition) is 1. The lowest BCUT2D eigenvalue weighted by Crippen LogP contribution is -2.18. The Bertz CT molecular complexity index is 610. The second-order valence-corrected chi connectivity index (χ2v) is 5.36. The summed E-state index contributed by atoms with van der Waals surface area (Å²) in [6.07, 6.45) is 0. The van der Waals surface area contributed by atoms with E-state index in [1.54, 1.807) is 7.11 Å². The minimum absolute atomic E-state index is 0.150. The van der Waals surface area contributed by atoms with Gasteiger partial charge in [-0.1, -0.05) is 29.8 Å². The van der Waals surface area contributed by atoms with Gasteiger partial charge in [0, 0.05) is 5.02 Å². The van der Waals surface area contributed by atoms with Gasteiger partial charge < -0.3 is 10.1 Å². The summed E-state index contributed by atoms with van der Waals surface area (Å²) in [5.74, 6) is 0.883. The summed E-state index contributed by atoms with van der Waals surface area (Å²) in [7, 11) is 3.66. The summed E-state index contributed by atoms with van der Waals surface area (Å²) in [6, 6.07) is 12.5. The fraction of sp³-hybridized carbons (Fsp3) is 0.294. The van der Waals surface area contributed by atoms with Gasteiger partial charge in [0.25, 0.3) is 0 Å². The second-order valence-electron chi connectivity index (χ2n) is 4.95. The van der Waals surface area contributed by atoms with Gasteiger partial charge in [0.05, 0.1) is 13.2 Å². The van der Waals surface area contributed by atoms with Gasteiger partial charge in [-0.05, 0) is 61.3 Å². The molecule has 20 heavy (non-hydrogen) atoms. The van der Waals surface area contributed by atoms with Crippen LogP contribution in [-0.4, -0.2) is 14.2 Å². The van der Waals surface area contributed by atoms with Crippen LogP contribution in [0.15, 0.2) is 36.4 Å². The summed E-state index contributed by atoms with van der Waals surface area (Å²) < 4.78 is 5.27. The van der Waals surface area contributed by atoms with E-state index in [2.05, 4.69) is 36.5 Å². The first-order valence-electron chi connectivity index (χ1n) is 6.64. The fourth-order valence-corrected chi connectivity index (χ4v) is 2.57. The molecule has 0 aliphatic rings. The number of aryl methyl sites for hydroxylation is 2. The molecule has 0 amide bonds. The van der Waals surface area contributed by atoms with Crippen LogP contribution >= 0.6 is 11.6 Å². The summed E-state index contributed by atoms with van der Waals surface area (Å²) in [5.41, 5.74) is 4.75. The highest BCUT2D eigenvalue weighted by Crippen LogP contribution is 2.29. The molecule has 0 aliphatic heterocycles. The highest BCUT2D eigenvalue weighted by molar-refractivity contribution is 6.31. The number of nitrogens with one attached hydrogen (secondary N) is 1. The van der Waals surface area contributed by atoms with E-state index in [1.165, 1.54) is 16.7 Å². The molecule has 0 saturated heterocycles. The minimum atomic E-state index is 0.150. The first kappa shape index (κ1) is 14.9. The van der Waals surface area contributed by atoms with Crippen LogP contribution in [0.2, 0.25) is 5.02 Å². The Kier molecular flexibility index (Phi) is 4.69. The van der Waals surface area contributed by atoms with Crippen LogP contribution < -0.4 is 10.1 Å². The Morgan fingerprint density at radius 2 is 1.80 bits per heavy atom. The fourth-order valence-electron chi connectivity index (χ4n) is 2.45. The SMILES string of the molecule is CNC(c1ccc(Cl)c(C)c1)c1ccc(OC)cc1C. The first-order chi connectivity index (χ1) is 9.56. The molecule has 0 aromatic heterocycles. The molecule has 1 unspecified atom stereocenters. The van der Waals surface area contributed by atoms with Gasteiger partial charge in [0.1, 0.15) is 5.75 Å². The maximum Gasteiger partial charge on any atom is 0.119 e. The predicted molar refractivity (Wildman–Crippen MR) is 84.8 cm³/mol. The smallest absolute Gasteiger partial charge is 0.119 e. The Balaban J connectivity index is 2.43. The molecule has 2 nitrogen and oxygen atoms in total. The molecule has 1 atom stereocenters. The molecule has 1 N–H and O–H groups in total. The lowest BCUT2D eigenvalue weighted by atomic mass is 9.94. The average Bonchev–Trinajstić information content (AvgIpc) is 2.45. The van der Waals surface area contributed by atoms with Gasteiger partial charge in [0.2, 0.25) is 0 Å². The van der Waals surface area contributed by atoms with Crippen molar-refractivity contribution in [3.63, 3.8) is 0 Å². The van der Waals surface area contributed by atoms with Crippen LogP contribution in [0, 0.1) is 13.8 Å². The molecular formula is C17H20ClNO. The van der Waals surface area contributed by atoms with E-state index in [0.717, 1.165) is 16.3 Å². The van der Waals surface area contributed by atoms with Gasteiger partial charge in [-0.15, -0.1) is 0 Å². The van der Waals surface area contributed by atoms with Crippen molar-refractivity contribution in [1.82, 2.24) is 5.32 Å². The molecule has 2 aromatic rings. The van der Waals surface area contributed by atoms with E-state index in [1.807, 2.05) is 26.1 Å². The van der Waals surface area contributed by atoms with Gasteiger partial charge in [-0.25, -0.2) is 0 Å². The van der Waals surface area contributed by atoms with Gasteiger partial charge >= 0.3 is 0 Å². The topological polar surface area (TPSA) is 21.3 Å². The van der Waals surface area contributed by atoms with E-state index in [-0.39, 0.29) is 6.04 Å². The number of rotatable bonds is 4. The summed E-state index contributed by atoms with van der Waals surface area (Å²) in [5, 5.41) is 4.18. The Morgan fingerprint density at radius 1 is 1.05 bits per heavy atom. The monoisotopic (exact) mass is 289 g/mol. The number of benzene rings is 2. The van der Waals surface area contributed by atoms with E-state index in [9.17, 15) is 0 Å². The van der Waals surface area contributed by atoms with Crippen LogP contribution in [0.3, 0.4) is 0 Å². The molecule has 0 spiro atoms. The number of methoxy groups -OCH3 is 1. The third-order valence-electron chi connectivity index (χ3n) is 3.59. The zero-order valence-corrected chi connectivity index (χ0v) is 13.1. The Hall–Kier alpha value is -1.51. The summed E-state index contributed by atoms with van der Waals surface area (Å²) in [4.78, 5) is 0. The molecule has 2 aromatic carbocycles. The summed E-state index contributed by atoms with van der Waals surface area (Å²) >= 11 is 6.11. The van der Waals surface area contributed by atoms with E-state index in [4.69, 9.17) is 16.3 Å². The molecule has 0 heterocycles. The molecule has 0 radical (unpaired) electrons. The van der Waals surface area contributed by atoms with Crippen LogP contribution in [0.1, 0.15) is 28.3 Å². The van der Waals surface area contributed by atoms with Gasteiger partial charge in [-0.2, -0.15) is 0 Å². The second kappa shape index (κ2) is 6.29. The molecule has 0 bridgehead atoms. The van der Waals surface area contributed by atoms with Crippen molar-refractivity contribution in [3.8, 4) is 5.75 Å². The van der Waals surface area contributed by atoms with Crippen molar-refractivity contribution in [1.29, 1.82) is 0 Å². The van der Waals surface area contributed by atoms with Gasteiger partial charge in [0.15, 0.2) is 0 Å². The van der Waals surface area contributed by atoms with E-state index in [0.29, 0.717) is 0 Å². The number of ether oxygens (including phenoxy) is 1. The largest absolute Gasteiger partial charge is 0.497 e. The maximum atomic E-state index is 6.11. The molecule has 0 aliphatic carbocycles. The van der Waals surface area contributed by atoms with Crippen molar-refractivity contribution >= 4 is 11.6 Å². The Labute approximate surface area is 125 Å². The number of halogens is 1. The molecule has 0 fully saturated rings. The van der Waals surface area contributed by atoms with Crippen LogP contribution in [-0.2, 0) is 0 Å². The number of hydrogen-bond acceptors (Lipinski definition) is 2. The van der Waals surface area contributed by atoms with E-state index < -0.39 is 0 Å². The van der Waals surface area contributed by atoms with Crippen LogP contribution in [0.5, 0.6) is 5.75 Å². The quantitative estimate of drug-likeness (QED) is 0.907. The molecule has 0 saturated carbocycles. The van der Waals surface area contributed by atoms with E-state index >= 15 is 0 Å². The molecule has 106 valence electrons. The van der Waals surface area contributed by atoms with Crippen LogP contribution in [0.25, 0.3) is 0 Å². The Morgan fingerprint density at radius 3 is 2.35 bits per heavy atom. The van der Waals surface area contributed by atoms with Gasteiger partial charge in [-0.3, -0.25) is 0 Å². The highest BCUT2D eigenvalue weighted by atomic mass is 35.5. The van der Waals surface area contributed by atoms with Crippen molar-refractivity contribution in [2.75, 3.05) is 14.2 Å². The zero-order valence-electron chi connectivity index (χ0n) is 12.3. The first-order valence-corrected chi connectivity index (χ1v) is 7.02. The lowest BCUT2D eigenvalue weighted by Gasteiger charge is -2.20. The minimum Gasteiger partial charge on any atom is -0.497 e. The predicted octanol–water partition coefficient (Wildman–Crippen LogP) is 4.27. The summed E-state index contributed by atoms with van der Waals surface area (Å²) in [6.45, 7) is 4.13. The maximum absolute atomic E-state index is 6.11.